The van der Waals surface area contributed by atoms with Gasteiger partial charge in [0.25, 0.3) is 0 Å². The number of rotatable bonds is 0. The first-order chi connectivity index (χ1) is 1.41. The Morgan fingerprint density at radius 2 is 2.00 bits per heavy atom. The second-order valence-electron chi connectivity index (χ2n) is 0.0816. The van der Waals surface area contributed by atoms with Crippen LogP contribution >= 0.6 is 8.69 Å². The summed E-state index contributed by atoms with van der Waals surface area (Å²) in [5, 5.41) is 0. The van der Waals surface area contributed by atoms with E-state index < -0.39 is 8.69 Å². The second kappa shape index (κ2) is 8.83. The SMILES string of the molecule is O=PO.[H-].[K+]. The van der Waals surface area contributed by atoms with E-state index in [0.29, 0.717) is 0 Å². The van der Waals surface area contributed by atoms with Crippen molar-refractivity contribution >= 4 is 8.69 Å². The fourth-order valence-corrected chi connectivity index (χ4v) is 0. The molecule has 0 rings (SSSR count). The van der Waals surface area contributed by atoms with Gasteiger partial charge in [0.15, 0.2) is 0 Å². The Morgan fingerprint density at radius 3 is 2.00 bits per heavy atom. The van der Waals surface area contributed by atoms with Gasteiger partial charge in [0.05, 0.1) is 0 Å². The van der Waals surface area contributed by atoms with Crippen molar-refractivity contribution in [3.8, 4) is 0 Å². The van der Waals surface area contributed by atoms with Crippen LogP contribution in [0.2, 0.25) is 0 Å². The molecule has 0 bridgehead atoms. The Labute approximate surface area is 69.8 Å². The van der Waals surface area contributed by atoms with Crippen molar-refractivity contribution < 1.29 is 62.3 Å². The maximum absolute atomic E-state index is 8.46. The zero-order chi connectivity index (χ0) is 2.71. The summed E-state index contributed by atoms with van der Waals surface area (Å²) in [6.07, 6.45) is 0. The van der Waals surface area contributed by atoms with Gasteiger partial charge in [-0.25, -0.2) is 4.57 Å². The summed E-state index contributed by atoms with van der Waals surface area (Å²) in [7, 11) is -0.833. The summed E-state index contributed by atoms with van der Waals surface area (Å²) < 4.78 is 8.46. The van der Waals surface area contributed by atoms with Gasteiger partial charge in [-0.3, -0.25) is 0 Å². The van der Waals surface area contributed by atoms with Crippen LogP contribution in [0.4, 0.5) is 0 Å². The zero-order valence-electron chi connectivity index (χ0n) is 3.30. The third-order valence-corrected chi connectivity index (χ3v) is 0. The first kappa shape index (κ1) is 9.20. The molecule has 0 unspecified atom stereocenters. The van der Waals surface area contributed by atoms with Gasteiger partial charge in [0.2, 0.25) is 0 Å². The molecule has 4 heavy (non-hydrogen) atoms. The van der Waals surface area contributed by atoms with Crippen molar-refractivity contribution in [3.63, 3.8) is 0 Å². The molecule has 0 aromatic heterocycles. The smallest absolute Gasteiger partial charge is 1.00 e. The van der Waals surface area contributed by atoms with Gasteiger partial charge >= 0.3 is 60.1 Å². The monoisotopic (exact) mass is 104 g/mol. The maximum Gasteiger partial charge on any atom is 1.00 e. The minimum atomic E-state index is -0.833. The largest absolute Gasteiger partial charge is 1.00 e. The van der Waals surface area contributed by atoms with Crippen LogP contribution in [0.5, 0.6) is 0 Å². The quantitative estimate of drug-likeness (QED) is 0.268. The molecular formula is H2KO2P. The fraction of sp³-hybridized carbons (Fsp3) is 0. The van der Waals surface area contributed by atoms with E-state index in [0.717, 1.165) is 0 Å². The van der Waals surface area contributed by atoms with Crippen LogP contribution in [0.25, 0.3) is 0 Å². The molecule has 0 saturated carbocycles. The zero-order valence-corrected chi connectivity index (χ0v) is 6.32. The van der Waals surface area contributed by atoms with E-state index in [1.54, 1.807) is 0 Å². The summed E-state index contributed by atoms with van der Waals surface area (Å²) >= 11 is 0. The average molecular weight is 104 g/mol. The first-order valence-electron chi connectivity index (χ1n) is 0.383. The van der Waals surface area contributed by atoms with Crippen molar-refractivity contribution in [2.75, 3.05) is 0 Å². The third-order valence-electron chi connectivity index (χ3n) is 0. The summed E-state index contributed by atoms with van der Waals surface area (Å²) in [6, 6.07) is 0. The molecule has 0 aliphatic carbocycles. The molecule has 0 radical (unpaired) electrons. The van der Waals surface area contributed by atoms with Gasteiger partial charge < -0.3 is 6.32 Å². The minimum Gasteiger partial charge on any atom is -1.00 e. The van der Waals surface area contributed by atoms with Gasteiger partial charge in [-0.15, -0.1) is 0 Å². The molecule has 0 saturated heterocycles. The van der Waals surface area contributed by atoms with Crippen molar-refractivity contribution in [3.05, 3.63) is 0 Å². The molecule has 0 fully saturated rings. The van der Waals surface area contributed by atoms with E-state index in [2.05, 4.69) is 0 Å². The molecule has 2 nitrogen and oxygen atoms in total. The van der Waals surface area contributed by atoms with E-state index in [4.69, 9.17) is 9.46 Å². The summed E-state index contributed by atoms with van der Waals surface area (Å²) in [6.45, 7) is 0. The summed E-state index contributed by atoms with van der Waals surface area (Å²) in [5.74, 6) is 0. The van der Waals surface area contributed by atoms with Gasteiger partial charge in [-0.05, 0) is 0 Å². The van der Waals surface area contributed by atoms with E-state index in [1.807, 2.05) is 0 Å². The van der Waals surface area contributed by atoms with E-state index in [-0.39, 0.29) is 52.8 Å². The molecule has 0 atom stereocenters. The third kappa shape index (κ3) is 9.34. The van der Waals surface area contributed by atoms with Crippen LogP contribution < -0.4 is 51.4 Å². The van der Waals surface area contributed by atoms with Crippen LogP contribution in [0, 0.1) is 0 Å². The number of hydrogen-bond acceptors (Lipinski definition) is 1. The Bertz CT molecular complexity index is 17.1. The summed E-state index contributed by atoms with van der Waals surface area (Å²) in [4.78, 5) is 6.99. The molecule has 1 N–H and O–H groups in total. The standard InChI is InChI=1S/K.HO2P.H/c;1-3-2;/h;(H,1,2);/q+1;;-1. The number of hydrogen-bond donors (Lipinski definition) is 1. The average Bonchev–Trinajstić information content (AvgIpc) is 0.918. The molecule has 0 aromatic rings. The van der Waals surface area contributed by atoms with Crippen molar-refractivity contribution in [1.82, 2.24) is 0 Å². The molecular weight excluding hydrogens is 102 g/mol. The minimum absolute atomic E-state index is 0. The van der Waals surface area contributed by atoms with Crippen LogP contribution in [0.1, 0.15) is 1.43 Å². The molecule has 0 amide bonds. The predicted molar refractivity (Wildman–Crippen MR) is 10.9 cm³/mol. The Hall–Kier alpha value is 1.70. The van der Waals surface area contributed by atoms with E-state index in [1.165, 1.54) is 0 Å². The first-order valence-corrected chi connectivity index (χ1v) is 1.15. The van der Waals surface area contributed by atoms with Crippen LogP contribution in [0.15, 0.2) is 0 Å². The Balaban J connectivity index is -0.0000000200. The van der Waals surface area contributed by atoms with Crippen molar-refractivity contribution in [2.24, 2.45) is 0 Å². The normalized spacial score (nSPS) is 5.25. The molecule has 0 heterocycles. The van der Waals surface area contributed by atoms with Gasteiger partial charge in [-0.1, -0.05) is 0 Å². The van der Waals surface area contributed by atoms with Crippen LogP contribution in [-0.4, -0.2) is 4.89 Å². The molecule has 4 heteroatoms. The maximum atomic E-state index is 8.46. The van der Waals surface area contributed by atoms with Crippen molar-refractivity contribution in [2.45, 2.75) is 0 Å². The van der Waals surface area contributed by atoms with Crippen molar-refractivity contribution in [1.29, 1.82) is 0 Å². The second-order valence-corrected chi connectivity index (χ2v) is 0.245. The topological polar surface area (TPSA) is 37.3 Å². The predicted octanol–water partition coefficient (Wildman–Crippen LogP) is -2.70. The van der Waals surface area contributed by atoms with Gasteiger partial charge in [0, 0.05) is 0 Å². The molecule has 0 aliphatic heterocycles. The van der Waals surface area contributed by atoms with Gasteiger partial charge in [-0.2, -0.15) is 0 Å². The van der Waals surface area contributed by atoms with E-state index >= 15 is 0 Å². The summed E-state index contributed by atoms with van der Waals surface area (Å²) in [5.41, 5.74) is 0. The van der Waals surface area contributed by atoms with Gasteiger partial charge in [0.1, 0.15) is 0 Å². The Morgan fingerprint density at radius 1 is 2.00 bits per heavy atom. The molecule has 0 aromatic carbocycles. The fourth-order valence-electron chi connectivity index (χ4n) is 0. The molecule has 20 valence electrons. The molecule has 0 aliphatic rings. The molecule has 0 spiro atoms. The Kier molecular flexibility index (Phi) is 20.3. The van der Waals surface area contributed by atoms with Crippen LogP contribution in [-0.2, 0) is 4.57 Å². The van der Waals surface area contributed by atoms with Crippen LogP contribution in [0.3, 0.4) is 0 Å². The van der Waals surface area contributed by atoms with E-state index in [9.17, 15) is 0 Å².